The Balaban J connectivity index is 1.69. The predicted molar refractivity (Wildman–Crippen MR) is 106 cm³/mol. The molecule has 1 aliphatic heterocycles. The molecule has 0 bridgehead atoms. The highest BCUT2D eigenvalue weighted by atomic mass is 32.1. The van der Waals surface area contributed by atoms with Crippen molar-refractivity contribution in [1.29, 1.82) is 0 Å². The van der Waals surface area contributed by atoms with E-state index in [1.807, 2.05) is 56.0 Å². The summed E-state index contributed by atoms with van der Waals surface area (Å²) < 4.78 is 0. The lowest BCUT2D eigenvalue weighted by Gasteiger charge is -2.35. The fourth-order valence-electron chi connectivity index (χ4n) is 2.86. The Labute approximate surface area is 160 Å². The summed E-state index contributed by atoms with van der Waals surface area (Å²) in [5.41, 5.74) is 6.14. The maximum atomic E-state index is 12.3. The summed E-state index contributed by atoms with van der Waals surface area (Å²) in [7, 11) is 0. The van der Waals surface area contributed by atoms with Crippen LogP contribution in [0.25, 0.3) is 0 Å². The Bertz CT molecular complexity index is 635. The van der Waals surface area contributed by atoms with Crippen LogP contribution in [0.5, 0.6) is 0 Å². The van der Waals surface area contributed by atoms with E-state index in [2.05, 4.69) is 16.2 Å². The lowest BCUT2D eigenvalue weighted by atomic mass is 9.91. The summed E-state index contributed by atoms with van der Waals surface area (Å²) in [5, 5.41) is 3.43. The van der Waals surface area contributed by atoms with Gasteiger partial charge in [0.1, 0.15) is 0 Å². The average Bonchev–Trinajstić information content (AvgIpc) is 2.64. The lowest BCUT2D eigenvalue weighted by Crippen LogP contribution is -2.51. The van der Waals surface area contributed by atoms with Crippen LogP contribution in [-0.2, 0) is 16.1 Å². The van der Waals surface area contributed by atoms with Crippen molar-refractivity contribution < 1.29 is 9.59 Å². The third-order valence-electron chi connectivity index (χ3n) is 4.39. The molecule has 0 aromatic heterocycles. The number of nitrogens with zero attached hydrogens (tertiary/aromatic N) is 1. The number of amides is 2. The molecule has 0 aliphatic carbocycles. The number of benzene rings is 1. The monoisotopic (exact) mass is 376 g/mol. The van der Waals surface area contributed by atoms with E-state index in [4.69, 9.17) is 12.2 Å². The van der Waals surface area contributed by atoms with Gasteiger partial charge in [-0.25, -0.2) is 0 Å². The van der Waals surface area contributed by atoms with Gasteiger partial charge >= 0.3 is 0 Å². The van der Waals surface area contributed by atoms with E-state index in [-0.39, 0.29) is 23.1 Å². The molecule has 6 nitrogen and oxygen atoms in total. The second-order valence-corrected chi connectivity index (χ2v) is 8.01. The molecule has 0 radical (unpaired) electrons. The molecule has 1 saturated heterocycles. The quantitative estimate of drug-likeness (QED) is 0.556. The Kier molecular flexibility index (Phi) is 6.97. The first kappa shape index (κ1) is 20.2. The van der Waals surface area contributed by atoms with E-state index in [0.717, 1.165) is 5.56 Å². The van der Waals surface area contributed by atoms with Crippen molar-refractivity contribution in [3.8, 4) is 0 Å². The Morgan fingerprint density at radius 3 is 2.31 bits per heavy atom. The van der Waals surface area contributed by atoms with Gasteiger partial charge in [-0.2, -0.15) is 0 Å². The lowest BCUT2D eigenvalue weighted by molar-refractivity contribution is -0.142. The first-order chi connectivity index (χ1) is 12.3. The van der Waals surface area contributed by atoms with Crippen molar-refractivity contribution in [2.75, 3.05) is 13.1 Å². The number of hydrogen-bond acceptors (Lipinski definition) is 3. The summed E-state index contributed by atoms with van der Waals surface area (Å²) in [5.74, 6) is -0.0547. The van der Waals surface area contributed by atoms with Crippen LogP contribution < -0.4 is 16.2 Å². The minimum absolute atomic E-state index is 0.0864. The second-order valence-electron chi connectivity index (χ2n) is 7.60. The molecule has 26 heavy (non-hydrogen) atoms. The summed E-state index contributed by atoms with van der Waals surface area (Å²) >= 11 is 5.18. The Morgan fingerprint density at radius 1 is 1.12 bits per heavy atom. The first-order valence-electron chi connectivity index (χ1n) is 8.94. The molecule has 1 fully saturated rings. The highest BCUT2D eigenvalue weighted by Gasteiger charge is 2.32. The third kappa shape index (κ3) is 5.98. The topological polar surface area (TPSA) is 73.5 Å². The van der Waals surface area contributed by atoms with Gasteiger partial charge < -0.3 is 10.2 Å². The van der Waals surface area contributed by atoms with Crippen LogP contribution in [0.15, 0.2) is 30.3 Å². The fraction of sp³-hybridized carbons (Fsp3) is 0.526. The third-order valence-corrected chi connectivity index (χ3v) is 4.64. The molecular weight excluding hydrogens is 348 g/mol. The number of piperidine rings is 1. The Morgan fingerprint density at radius 2 is 1.73 bits per heavy atom. The standard InChI is InChI=1S/C19H28N4O2S/c1-19(2,3)17(25)23-11-9-15(10-12-23)16(24)21-22-18(26)20-13-14-7-5-4-6-8-14/h4-8,15H,9-13H2,1-3H3,(H,21,24)(H2,20,22,26). The molecule has 2 amide bonds. The fourth-order valence-corrected chi connectivity index (χ4v) is 2.99. The van der Waals surface area contributed by atoms with E-state index in [9.17, 15) is 9.59 Å². The van der Waals surface area contributed by atoms with Gasteiger partial charge in [-0.3, -0.25) is 20.4 Å². The molecule has 1 aromatic rings. The van der Waals surface area contributed by atoms with E-state index in [1.54, 1.807) is 0 Å². The summed E-state index contributed by atoms with van der Waals surface area (Å²) in [6, 6.07) is 9.89. The van der Waals surface area contributed by atoms with Crippen LogP contribution in [0.2, 0.25) is 0 Å². The van der Waals surface area contributed by atoms with Crippen LogP contribution in [-0.4, -0.2) is 34.9 Å². The van der Waals surface area contributed by atoms with E-state index < -0.39 is 0 Å². The van der Waals surface area contributed by atoms with Crippen molar-refractivity contribution in [3.63, 3.8) is 0 Å². The highest BCUT2D eigenvalue weighted by molar-refractivity contribution is 7.80. The number of nitrogens with one attached hydrogen (secondary N) is 3. The van der Waals surface area contributed by atoms with Crippen molar-refractivity contribution in [3.05, 3.63) is 35.9 Å². The van der Waals surface area contributed by atoms with Crippen LogP contribution in [0.1, 0.15) is 39.2 Å². The molecule has 7 heteroatoms. The Hall–Kier alpha value is -2.15. The van der Waals surface area contributed by atoms with Crippen molar-refractivity contribution >= 4 is 29.1 Å². The number of likely N-dealkylation sites (tertiary alicyclic amines) is 1. The molecule has 0 saturated carbocycles. The molecule has 0 spiro atoms. The normalized spacial score (nSPS) is 15.3. The van der Waals surface area contributed by atoms with E-state index >= 15 is 0 Å². The smallest absolute Gasteiger partial charge is 0.241 e. The summed E-state index contributed by atoms with van der Waals surface area (Å²) in [4.78, 5) is 26.4. The zero-order valence-electron chi connectivity index (χ0n) is 15.7. The van der Waals surface area contributed by atoms with Crippen LogP contribution in [0.4, 0.5) is 0 Å². The molecule has 1 aromatic carbocycles. The largest absolute Gasteiger partial charge is 0.357 e. The SMILES string of the molecule is CC(C)(C)C(=O)N1CCC(C(=O)NNC(=S)NCc2ccccc2)CC1. The number of hydrazine groups is 1. The van der Waals surface area contributed by atoms with E-state index in [0.29, 0.717) is 37.6 Å². The van der Waals surface area contributed by atoms with Gasteiger partial charge in [-0.1, -0.05) is 51.1 Å². The molecule has 2 rings (SSSR count). The van der Waals surface area contributed by atoms with Crippen molar-refractivity contribution in [2.45, 2.75) is 40.2 Å². The van der Waals surface area contributed by atoms with Gasteiger partial charge in [0.25, 0.3) is 0 Å². The second kappa shape index (κ2) is 8.98. The first-order valence-corrected chi connectivity index (χ1v) is 9.35. The van der Waals surface area contributed by atoms with Gasteiger partial charge in [0.2, 0.25) is 11.8 Å². The van der Waals surface area contributed by atoms with Gasteiger partial charge in [0.15, 0.2) is 5.11 Å². The molecular formula is C19H28N4O2S. The summed E-state index contributed by atoms with van der Waals surface area (Å²) in [6.07, 6.45) is 1.33. The van der Waals surface area contributed by atoms with Crippen LogP contribution in [0.3, 0.4) is 0 Å². The maximum absolute atomic E-state index is 12.3. The zero-order chi connectivity index (χ0) is 19.2. The van der Waals surface area contributed by atoms with Crippen LogP contribution in [0, 0.1) is 11.3 Å². The minimum Gasteiger partial charge on any atom is -0.357 e. The number of rotatable bonds is 3. The van der Waals surface area contributed by atoms with Crippen LogP contribution >= 0.6 is 12.2 Å². The predicted octanol–water partition coefficient (Wildman–Crippen LogP) is 1.97. The molecule has 3 N–H and O–H groups in total. The van der Waals surface area contributed by atoms with Gasteiger partial charge in [-0.05, 0) is 30.6 Å². The van der Waals surface area contributed by atoms with Crippen molar-refractivity contribution in [1.82, 2.24) is 21.1 Å². The van der Waals surface area contributed by atoms with Gasteiger partial charge in [0.05, 0.1) is 0 Å². The molecule has 142 valence electrons. The number of thiocarbonyl (C=S) groups is 1. The van der Waals surface area contributed by atoms with Gasteiger partial charge in [-0.15, -0.1) is 0 Å². The average molecular weight is 377 g/mol. The summed E-state index contributed by atoms with van der Waals surface area (Å²) in [6.45, 7) is 7.58. The van der Waals surface area contributed by atoms with Gasteiger partial charge in [0, 0.05) is 31.0 Å². The van der Waals surface area contributed by atoms with E-state index in [1.165, 1.54) is 0 Å². The zero-order valence-corrected chi connectivity index (χ0v) is 16.5. The van der Waals surface area contributed by atoms with Crippen molar-refractivity contribution in [2.24, 2.45) is 11.3 Å². The minimum atomic E-state index is -0.382. The maximum Gasteiger partial charge on any atom is 0.241 e. The molecule has 1 heterocycles. The molecule has 0 unspecified atom stereocenters. The molecule has 0 atom stereocenters. The number of hydrogen-bond donors (Lipinski definition) is 3. The molecule has 1 aliphatic rings. The number of carbonyl (C=O) groups is 2. The highest BCUT2D eigenvalue weighted by Crippen LogP contribution is 2.23. The number of carbonyl (C=O) groups excluding carboxylic acids is 2.